The molecule has 0 spiro atoms. The van der Waals surface area contributed by atoms with Gasteiger partial charge in [-0.15, -0.1) is 0 Å². The number of carbonyl (C=O) groups excluding carboxylic acids is 2. The van der Waals surface area contributed by atoms with Gasteiger partial charge in [-0.25, -0.2) is 8.42 Å². The Morgan fingerprint density at radius 2 is 2.00 bits per heavy atom. The first-order valence-electron chi connectivity index (χ1n) is 8.39. The second-order valence-corrected chi connectivity index (χ2v) is 8.84. The van der Waals surface area contributed by atoms with Crippen molar-refractivity contribution in [3.05, 3.63) is 35.9 Å². The zero-order chi connectivity index (χ0) is 18.0. The van der Waals surface area contributed by atoms with Crippen LogP contribution < -0.4 is 10.6 Å². The van der Waals surface area contributed by atoms with Crippen LogP contribution in [0.4, 0.5) is 0 Å². The first-order chi connectivity index (χ1) is 11.8. The van der Waals surface area contributed by atoms with E-state index in [2.05, 4.69) is 10.6 Å². The molecule has 8 heteroatoms. The number of rotatable bonds is 4. The second kappa shape index (κ2) is 7.13. The Bertz CT molecular complexity index is 750. The van der Waals surface area contributed by atoms with Crippen molar-refractivity contribution >= 4 is 21.8 Å². The molecule has 3 atom stereocenters. The summed E-state index contributed by atoms with van der Waals surface area (Å²) in [7, 11) is -3.43. The predicted molar refractivity (Wildman–Crippen MR) is 92.9 cm³/mol. The lowest BCUT2D eigenvalue weighted by molar-refractivity contribution is -0.125. The van der Waals surface area contributed by atoms with Gasteiger partial charge in [-0.3, -0.25) is 9.59 Å². The van der Waals surface area contributed by atoms with Crippen molar-refractivity contribution in [3.8, 4) is 0 Å². The summed E-state index contributed by atoms with van der Waals surface area (Å²) in [6.07, 6.45) is 2.24. The molecule has 0 unspecified atom stereocenters. The Kier molecular flexibility index (Phi) is 5.10. The number of sulfonamides is 1. The third kappa shape index (κ3) is 4.38. The Morgan fingerprint density at radius 1 is 1.28 bits per heavy atom. The zero-order valence-corrected chi connectivity index (χ0v) is 15.0. The van der Waals surface area contributed by atoms with E-state index in [1.165, 1.54) is 4.31 Å². The fourth-order valence-corrected chi connectivity index (χ4v) is 4.45. The maximum Gasteiger partial charge on any atom is 0.235 e. The Hall–Kier alpha value is -1.93. The van der Waals surface area contributed by atoms with E-state index in [1.807, 2.05) is 30.3 Å². The number of nitrogens with one attached hydrogen (secondary N) is 2. The maximum absolute atomic E-state index is 12.5. The van der Waals surface area contributed by atoms with Crippen molar-refractivity contribution in [3.63, 3.8) is 0 Å². The van der Waals surface area contributed by atoms with E-state index in [-0.39, 0.29) is 42.8 Å². The third-order valence-corrected chi connectivity index (χ3v) is 6.16. The van der Waals surface area contributed by atoms with Gasteiger partial charge in [-0.1, -0.05) is 30.3 Å². The molecule has 2 N–H and O–H groups in total. The van der Waals surface area contributed by atoms with Crippen LogP contribution in [0, 0.1) is 11.8 Å². The molecule has 2 amide bonds. The van der Waals surface area contributed by atoms with Crippen molar-refractivity contribution in [1.29, 1.82) is 0 Å². The zero-order valence-electron chi connectivity index (χ0n) is 14.1. The molecule has 1 saturated carbocycles. The van der Waals surface area contributed by atoms with Crippen LogP contribution in [0.5, 0.6) is 0 Å². The van der Waals surface area contributed by atoms with Gasteiger partial charge in [-0.05, 0) is 24.3 Å². The van der Waals surface area contributed by atoms with Crippen LogP contribution >= 0.6 is 0 Å². The number of amides is 2. The van der Waals surface area contributed by atoms with Gasteiger partial charge in [0.1, 0.15) is 0 Å². The van der Waals surface area contributed by atoms with Crippen LogP contribution in [0.1, 0.15) is 18.4 Å². The monoisotopic (exact) mass is 365 g/mol. The van der Waals surface area contributed by atoms with E-state index in [4.69, 9.17) is 0 Å². The Balaban J connectivity index is 1.61. The van der Waals surface area contributed by atoms with E-state index in [9.17, 15) is 18.0 Å². The Morgan fingerprint density at radius 3 is 2.68 bits per heavy atom. The van der Waals surface area contributed by atoms with E-state index in [0.717, 1.165) is 11.8 Å². The van der Waals surface area contributed by atoms with Crippen LogP contribution in [0.15, 0.2) is 30.3 Å². The molecule has 7 nitrogen and oxygen atoms in total. The van der Waals surface area contributed by atoms with Gasteiger partial charge in [-0.2, -0.15) is 4.31 Å². The molecule has 1 aromatic rings. The summed E-state index contributed by atoms with van der Waals surface area (Å²) < 4.78 is 24.8. The lowest BCUT2D eigenvalue weighted by Crippen LogP contribution is -2.39. The molecule has 1 heterocycles. The van der Waals surface area contributed by atoms with Crippen LogP contribution in [0.2, 0.25) is 0 Å². The quantitative estimate of drug-likeness (QED) is 0.790. The summed E-state index contributed by atoms with van der Waals surface area (Å²) in [6.45, 7) is 0.606. The molecule has 0 aromatic heterocycles. The molecule has 2 aliphatic rings. The highest BCUT2D eigenvalue weighted by Gasteiger charge is 2.42. The van der Waals surface area contributed by atoms with Crippen LogP contribution in [0.25, 0.3) is 0 Å². The van der Waals surface area contributed by atoms with Crippen molar-refractivity contribution in [2.24, 2.45) is 11.8 Å². The molecule has 0 radical (unpaired) electrons. The lowest BCUT2D eigenvalue weighted by atomic mass is 10.0. The van der Waals surface area contributed by atoms with Crippen molar-refractivity contribution in [2.75, 3.05) is 19.3 Å². The third-order valence-electron chi connectivity index (χ3n) is 4.95. The minimum Gasteiger partial charge on any atom is -0.352 e. The van der Waals surface area contributed by atoms with Crippen LogP contribution in [0.3, 0.4) is 0 Å². The number of hydrogen-bond acceptors (Lipinski definition) is 4. The molecule has 1 aliphatic carbocycles. The average Bonchev–Trinajstić information content (AvgIpc) is 2.87. The second-order valence-electron chi connectivity index (χ2n) is 6.86. The van der Waals surface area contributed by atoms with E-state index in [0.29, 0.717) is 19.4 Å². The normalized spacial score (nSPS) is 27.2. The fraction of sp³-hybridized carbons (Fsp3) is 0.529. The highest BCUT2D eigenvalue weighted by atomic mass is 32.2. The highest BCUT2D eigenvalue weighted by Crippen LogP contribution is 2.34. The van der Waals surface area contributed by atoms with Gasteiger partial charge in [0.2, 0.25) is 21.8 Å². The van der Waals surface area contributed by atoms with Gasteiger partial charge in [0, 0.05) is 25.0 Å². The molecule has 2 fully saturated rings. The molecular formula is C17H23N3O4S. The van der Waals surface area contributed by atoms with Crippen LogP contribution in [-0.4, -0.2) is 49.9 Å². The molecular weight excluding hydrogens is 342 g/mol. The molecule has 1 aromatic carbocycles. The van der Waals surface area contributed by atoms with Gasteiger partial charge in [0.05, 0.1) is 12.8 Å². The predicted octanol–water partition coefficient (Wildman–Crippen LogP) is 0.0890. The van der Waals surface area contributed by atoms with Crippen LogP contribution in [-0.2, 0) is 26.2 Å². The molecule has 1 saturated heterocycles. The summed E-state index contributed by atoms with van der Waals surface area (Å²) in [6, 6.07) is 9.51. The molecule has 1 aliphatic heterocycles. The maximum atomic E-state index is 12.5. The number of fused-ring (bicyclic) bond motifs is 1. The van der Waals surface area contributed by atoms with E-state index >= 15 is 0 Å². The molecule has 3 rings (SSSR count). The van der Waals surface area contributed by atoms with E-state index in [1.54, 1.807) is 0 Å². The molecule has 0 bridgehead atoms. The summed E-state index contributed by atoms with van der Waals surface area (Å²) in [5.41, 5.74) is 1.03. The summed E-state index contributed by atoms with van der Waals surface area (Å²) in [5, 5.41) is 5.81. The largest absolute Gasteiger partial charge is 0.352 e. The van der Waals surface area contributed by atoms with Gasteiger partial charge < -0.3 is 10.6 Å². The fourth-order valence-electron chi connectivity index (χ4n) is 3.64. The number of carbonyl (C=O) groups is 2. The smallest absolute Gasteiger partial charge is 0.235 e. The van der Waals surface area contributed by atoms with Gasteiger partial charge in [0.15, 0.2) is 0 Å². The van der Waals surface area contributed by atoms with Crippen molar-refractivity contribution < 1.29 is 18.0 Å². The van der Waals surface area contributed by atoms with Gasteiger partial charge in [0.25, 0.3) is 0 Å². The van der Waals surface area contributed by atoms with Crippen molar-refractivity contribution in [2.45, 2.75) is 25.4 Å². The number of benzene rings is 1. The van der Waals surface area contributed by atoms with E-state index < -0.39 is 10.0 Å². The summed E-state index contributed by atoms with van der Waals surface area (Å²) >= 11 is 0. The van der Waals surface area contributed by atoms with Crippen molar-refractivity contribution in [1.82, 2.24) is 14.9 Å². The molecule has 136 valence electrons. The number of nitrogens with zero attached hydrogens (tertiary/aromatic N) is 1. The number of hydrogen-bond donors (Lipinski definition) is 2. The minimum absolute atomic E-state index is 0.0337. The SMILES string of the molecule is CS(=O)(=O)N1CC(=O)N[C@@H]2C[C@@H](C(=O)NCc3ccccc3)C[C@@H]2C1. The summed E-state index contributed by atoms with van der Waals surface area (Å²) in [4.78, 5) is 24.4. The first-order valence-corrected chi connectivity index (χ1v) is 10.2. The average molecular weight is 365 g/mol. The van der Waals surface area contributed by atoms with Gasteiger partial charge >= 0.3 is 0 Å². The Labute approximate surface area is 147 Å². The topological polar surface area (TPSA) is 95.6 Å². The first kappa shape index (κ1) is 17.9. The summed E-state index contributed by atoms with van der Waals surface area (Å²) in [5.74, 6) is -0.590. The minimum atomic E-state index is -3.43. The lowest BCUT2D eigenvalue weighted by Gasteiger charge is -2.20. The standard InChI is InChI=1S/C17H23N3O4S/c1-25(23,24)20-10-14-7-13(8-15(14)19-16(21)11-20)17(22)18-9-12-5-3-2-4-6-12/h2-6,13-15H,7-11H2,1H3,(H,18,22)(H,19,21)/t13-,14+,15+/m0/s1. The molecule has 25 heavy (non-hydrogen) atoms. The highest BCUT2D eigenvalue weighted by molar-refractivity contribution is 7.88.